The van der Waals surface area contributed by atoms with Crippen molar-refractivity contribution in [2.24, 2.45) is 0 Å². The van der Waals surface area contributed by atoms with Gasteiger partial charge in [-0.1, -0.05) is 6.92 Å². The molecule has 0 saturated carbocycles. The molecule has 2 heterocycles. The molecule has 0 amide bonds. The normalized spacial score (nSPS) is 11.6. The number of ether oxygens (including phenoxy) is 1. The molecule has 2 rings (SSSR count). The number of nitrogens with one attached hydrogen (secondary N) is 1. The van der Waals surface area contributed by atoms with Gasteiger partial charge in [-0.15, -0.1) is 16.4 Å². The summed E-state index contributed by atoms with van der Waals surface area (Å²) in [6.45, 7) is 7.56. The third kappa shape index (κ3) is 3.20. The van der Waals surface area contributed by atoms with Gasteiger partial charge in [0.1, 0.15) is 11.3 Å². The summed E-state index contributed by atoms with van der Waals surface area (Å²) in [5, 5.41) is 10.5. The Morgan fingerprint density at radius 3 is 2.68 bits per heavy atom. The fourth-order valence-electron chi connectivity index (χ4n) is 1.57. The van der Waals surface area contributed by atoms with E-state index in [1.807, 2.05) is 32.9 Å². The molecule has 0 saturated heterocycles. The number of carbonyl (C=O) groups is 1. The van der Waals surface area contributed by atoms with E-state index in [1.54, 1.807) is 11.3 Å². The van der Waals surface area contributed by atoms with Crippen molar-refractivity contribution in [3.05, 3.63) is 22.7 Å². The fraction of sp³-hybridized carbons (Fsp3) is 0.462. The van der Waals surface area contributed by atoms with Gasteiger partial charge in [0.15, 0.2) is 5.69 Å². The zero-order valence-electron chi connectivity index (χ0n) is 11.5. The van der Waals surface area contributed by atoms with E-state index in [9.17, 15) is 4.79 Å². The molecule has 0 bridgehead atoms. The van der Waals surface area contributed by atoms with Crippen LogP contribution in [0.15, 0.2) is 12.1 Å². The number of nitrogens with zero attached hydrogens (tertiary/aromatic N) is 2. The van der Waals surface area contributed by atoms with Crippen LogP contribution in [-0.4, -0.2) is 27.0 Å². The van der Waals surface area contributed by atoms with Gasteiger partial charge in [0.2, 0.25) is 0 Å². The molecule has 5 nitrogen and oxygen atoms in total. The maximum absolute atomic E-state index is 12.1. The molecule has 0 aliphatic rings. The summed E-state index contributed by atoms with van der Waals surface area (Å²) in [5.41, 5.74) is 0.246. The topological polar surface area (TPSA) is 67.9 Å². The molecule has 19 heavy (non-hydrogen) atoms. The first-order valence-corrected chi connectivity index (χ1v) is 6.95. The minimum Gasteiger partial charge on any atom is -0.455 e. The fourth-order valence-corrected chi connectivity index (χ4v) is 2.50. The van der Waals surface area contributed by atoms with E-state index in [2.05, 4.69) is 22.3 Å². The second-order valence-corrected chi connectivity index (χ2v) is 6.31. The van der Waals surface area contributed by atoms with Crippen LogP contribution in [0.1, 0.15) is 43.1 Å². The third-order valence-corrected chi connectivity index (χ3v) is 3.62. The van der Waals surface area contributed by atoms with Crippen LogP contribution in [-0.2, 0) is 11.2 Å². The van der Waals surface area contributed by atoms with Gasteiger partial charge in [0, 0.05) is 4.88 Å². The van der Waals surface area contributed by atoms with Crippen molar-refractivity contribution in [1.82, 2.24) is 15.4 Å². The van der Waals surface area contributed by atoms with Crippen LogP contribution in [0.4, 0.5) is 0 Å². The lowest BCUT2D eigenvalue weighted by Crippen LogP contribution is -2.24. The van der Waals surface area contributed by atoms with Gasteiger partial charge < -0.3 is 4.74 Å². The number of thiophene rings is 1. The molecule has 6 heteroatoms. The number of hydrogen-bond acceptors (Lipinski definition) is 5. The molecule has 102 valence electrons. The van der Waals surface area contributed by atoms with Crippen LogP contribution in [0.2, 0.25) is 0 Å². The van der Waals surface area contributed by atoms with Crippen molar-refractivity contribution in [1.29, 1.82) is 0 Å². The summed E-state index contributed by atoms with van der Waals surface area (Å²) in [7, 11) is 0. The van der Waals surface area contributed by atoms with Crippen molar-refractivity contribution >= 4 is 17.3 Å². The van der Waals surface area contributed by atoms with E-state index in [1.165, 1.54) is 4.88 Å². The first kappa shape index (κ1) is 13.7. The Morgan fingerprint density at radius 1 is 1.37 bits per heavy atom. The average Bonchev–Trinajstić information content (AvgIpc) is 2.95. The highest BCUT2D eigenvalue weighted by atomic mass is 32.1. The maximum Gasteiger partial charge on any atom is 0.361 e. The van der Waals surface area contributed by atoms with Crippen molar-refractivity contribution in [3.8, 4) is 10.6 Å². The average molecular weight is 279 g/mol. The van der Waals surface area contributed by atoms with E-state index in [-0.39, 0.29) is 5.69 Å². The molecular formula is C13H17N3O2S. The summed E-state index contributed by atoms with van der Waals surface area (Å²) in [6, 6.07) is 3.99. The molecule has 0 fully saturated rings. The van der Waals surface area contributed by atoms with E-state index in [4.69, 9.17) is 4.74 Å². The van der Waals surface area contributed by atoms with Crippen molar-refractivity contribution < 1.29 is 9.53 Å². The Hall–Kier alpha value is -1.69. The lowest BCUT2D eigenvalue weighted by molar-refractivity contribution is 0.00638. The molecule has 1 N–H and O–H groups in total. The molecular weight excluding hydrogens is 262 g/mol. The maximum atomic E-state index is 12.1. The molecule has 2 aromatic heterocycles. The Labute approximate surface area is 116 Å². The summed E-state index contributed by atoms with van der Waals surface area (Å²) in [6.07, 6.45) is 0.963. The standard InChI is InChI=1S/C13H17N3O2S/c1-5-8-6-7-9(19-8)10-11(15-16-14-10)12(17)18-13(2,3)4/h6-7H,5H2,1-4H3,(H,14,15,16). The van der Waals surface area contributed by atoms with Crippen LogP contribution < -0.4 is 0 Å². The highest BCUT2D eigenvalue weighted by Crippen LogP contribution is 2.29. The Bertz CT molecular complexity index is 581. The number of rotatable bonds is 3. The predicted octanol–water partition coefficient (Wildman–Crippen LogP) is 3.05. The Morgan fingerprint density at radius 2 is 2.11 bits per heavy atom. The molecule has 0 unspecified atom stereocenters. The second-order valence-electron chi connectivity index (χ2n) is 5.14. The zero-order valence-corrected chi connectivity index (χ0v) is 12.3. The largest absolute Gasteiger partial charge is 0.455 e. The molecule has 0 aliphatic carbocycles. The van der Waals surface area contributed by atoms with Crippen molar-refractivity contribution in [3.63, 3.8) is 0 Å². The smallest absolute Gasteiger partial charge is 0.361 e. The number of H-pyrrole nitrogens is 1. The number of hydrogen-bond donors (Lipinski definition) is 1. The van der Waals surface area contributed by atoms with E-state index >= 15 is 0 Å². The Balaban J connectivity index is 2.29. The monoisotopic (exact) mass is 279 g/mol. The third-order valence-electron chi connectivity index (χ3n) is 2.38. The summed E-state index contributed by atoms with van der Waals surface area (Å²) < 4.78 is 5.32. The number of aryl methyl sites for hydroxylation is 1. The van der Waals surface area contributed by atoms with Crippen LogP contribution in [0.5, 0.6) is 0 Å². The minimum absolute atomic E-state index is 0.236. The number of aromatic amines is 1. The molecule has 0 spiro atoms. The van der Waals surface area contributed by atoms with Gasteiger partial charge in [-0.25, -0.2) is 4.79 Å². The quantitative estimate of drug-likeness (QED) is 0.877. The molecule has 0 radical (unpaired) electrons. The first-order valence-electron chi connectivity index (χ1n) is 6.14. The molecule has 0 aromatic carbocycles. The van der Waals surface area contributed by atoms with Gasteiger partial charge in [-0.05, 0) is 39.3 Å². The van der Waals surface area contributed by atoms with E-state index in [0.29, 0.717) is 5.69 Å². The van der Waals surface area contributed by atoms with E-state index in [0.717, 1.165) is 11.3 Å². The predicted molar refractivity (Wildman–Crippen MR) is 74.2 cm³/mol. The minimum atomic E-state index is -0.544. The van der Waals surface area contributed by atoms with Crippen LogP contribution in [0.3, 0.4) is 0 Å². The van der Waals surface area contributed by atoms with Gasteiger partial charge in [-0.2, -0.15) is 10.3 Å². The molecule has 0 atom stereocenters. The Kier molecular flexibility index (Phi) is 3.71. The van der Waals surface area contributed by atoms with Crippen LogP contribution in [0.25, 0.3) is 10.6 Å². The molecule has 2 aromatic rings. The SMILES string of the molecule is CCc1ccc(-c2n[nH]nc2C(=O)OC(C)(C)C)s1. The number of esters is 1. The number of aromatic nitrogens is 3. The van der Waals surface area contributed by atoms with Gasteiger partial charge in [0.25, 0.3) is 0 Å². The lowest BCUT2D eigenvalue weighted by Gasteiger charge is -2.18. The van der Waals surface area contributed by atoms with Crippen molar-refractivity contribution in [2.75, 3.05) is 0 Å². The zero-order chi connectivity index (χ0) is 14.0. The lowest BCUT2D eigenvalue weighted by atomic mass is 10.2. The number of carbonyl (C=O) groups excluding carboxylic acids is 1. The van der Waals surface area contributed by atoms with Gasteiger partial charge >= 0.3 is 5.97 Å². The highest BCUT2D eigenvalue weighted by molar-refractivity contribution is 7.15. The van der Waals surface area contributed by atoms with Crippen molar-refractivity contribution in [2.45, 2.75) is 39.7 Å². The van der Waals surface area contributed by atoms with E-state index < -0.39 is 11.6 Å². The van der Waals surface area contributed by atoms with Crippen LogP contribution in [0, 0.1) is 0 Å². The summed E-state index contributed by atoms with van der Waals surface area (Å²) in [4.78, 5) is 14.2. The first-order chi connectivity index (χ1) is 8.90. The van der Waals surface area contributed by atoms with Crippen LogP contribution >= 0.6 is 11.3 Å². The van der Waals surface area contributed by atoms with Gasteiger partial charge in [-0.3, -0.25) is 0 Å². The second kappa shape index (κ2) is 5.13. The molecule has 0 aliphatic heterocycles. The summed E-state index contributed by atoms with van der Waals surface area (Å²) >= 11 is 1.61. The summed E-state index contributed by atoms with van der Waals surface area (Å²) in [5.74, 6) is -0.456. The highest BCUT2D eigenvalue weighted by Gasteiger charge is 2.24. The van der Waals surface area contributed by atoms with Gasteiger partial charge in [0.05, 0.1) is 4.88 Å².